The second-order valence-corrected chi connectivity index (χ2v) is 7.84. The first-order chi connectivity index (χ1) is 15.1. The van der Waals surface area contributed by atoms with Gasteiger partial charge in [-0.2, -0.15) is 0 Å². The summed E-state index contributed by atoms with van der Waals surface area (Å²) in [6, 6.07) is 26.3. The summed E-state index contributed by atoms with van der Waals surface area (Å²) in [5.74, 6) is -0.791. The van der Waals surface area contributed by atoms with Crippen molar-refractivity contribution in [3.05, 3.63) is 102 Å². The number of hydrogen-bond donors (Lipinski definition) is 1. The number of carbonyl (C=O) groups excluding carboxylic acids is 2. The minimum atomic E-state index is -0.399. The van der Waals surface area contributed by atoms with Crippen molar-refractivity contribution in [2.75, 3.05) is 18.0 Å². The number of amides is 2. The van der Waals surface area contributed by atoms with Crippen molar-refractivity contribution in [1.29, 1.82) is 0 Å². The summed E-state index contributed by atoms with van der Waals surface area (Å²) in [6.07, 6.45) is 0.937. The minimum absolute atomic E-state index is 0.113. The Morgan fingerprint density at radius 2 is 1.52 bits per heavy atom. The summed E-state index contributed by atoms with van der Waals surface area (Å²) in [5.41, 5.74) is 3.04. The van der Waals surface area contributed by atoms with Gasteiger partial charge in [0.15, 0.2) is 0 Å². The van der Waals surface area contributed by atoms with Crippen LogP contribution >= 0.6 is 0 Å². The Bertz CT molecular complexity index is 983. The van der Waals surface area contributed by atoms with E-state index in [0.717, 1.165) is 6.42 Å². The molecular formula is C26H25FN2O2. The average Bonchev–Trinajstić information content (AvgIpc) is 3.20. The molecule has 2 amide bonds. The van der Waals surface area contributed by atoms with Gasteiger partial charge in [0.2, 0.25) is 11.8 Å². The van der Waals surface area contributed by atoms with E-state index in [4.69, 9.17) is 0 Å². The van der Waals surface area contributed by atoms with Crippen LogP contribution < -0.4 is 10.2 Å². The first-order valence-corrected chi connectivity index (χ1v) is 10.6. The van der Waals surface area contributed by atoms with E-state index in [1.165, 1.54) is 23.3 Å². The van der Waals surface area contributed by atoms with Crippen LogP contribution in [0.3, 0.4) is 0 Å². The van der Waals surface area contributed by atoms with Crippen LogP contribution in [0.4, 0.5) is 10.1 Å². The van der Waals surface area contributed by atoms with E-state index in [1.54, 1.807) is 17.0 Å². The Labute approximate surface area is 181 Å². The Balaban J connectivity index is 1.36. The molecule has 4 rings (SSSR count). The molecule has 1 N–H and O–H groups in total. The molecule has 0 aliphatic carbocycles. The van der Waals surface area contributed by atoms with E-state index in [-0.39, 0.29) is 30.0 Å². The molecule has 0 spiro atoms. The van der Waals surface area contributed by atoms with E-state index in [9.17, 15) is 14.0 Å². The summed E-state index contributed by atoms with van der Waals surface area (Å²) in [5, 5.41) is 3.02. The largest absolute Gasteiger partial charge is 0.356 e. The molecule has 4 nitrogen and oxygen atoms in total. The van der Waals surface area contributed by atoms with Crippen molar-refractivity contribution in [2.45, 2.75) is 18.8 Å². The highest BCUT2D eigenvalue weighted by Gasteiger charge is 2.35. The smallest absolute Gasteiger partial charge is 0.227 e. The van der Waals surface area contributed by atoms with Crippen molar-refractivity contribution >= 4 is 17.5 Å². The third-order valence-corrected chi connectivity index (χ3v) is 5.77. The van der Waals surface area contributed by atoms with Gasteiger partial charge >= 0.3 is 0 Å². The van der Waals surface area contributed by atoms with Gasteiger partial charge in [0.05, 0.1) is 5.92 Å². The van der Waals surface area contributed by atoms with Crippen LogP contribution in [0.15, 0.2) is 84.9 Å². The van der Waals surface area contributed by atoms with Crippen molar-refractivity contribution in [1.82, 2.24) is 5.32 Å². The maximum absolute atomic E-state index is 13.2. The molecule has 0 radical (unpaired) electrons. The van der Waals surface area contributed by atoms with E-state index in [1.807, 2.05) is 36.4 Å². The Hall–Kier alpha value is -3.47. The van der Waals surface area contributed by atoms with Crippen molar-refractivity contribution in [3.8, 4) is 0 Å². The van der Waals surface area contributed by atoms with Crippen LogP contribution in [0, 0.1) is 11.7 Å². The normalized spacial score (nSPS) is 16.0. The van der Waals surface area contributed by atoms with Crippen molar-refractivity contribution in [3.63, 3.8) is 0 Å². The summed E-state index contributed by atoms with van der Waals surface area (Å²) in [4.78, 5) is 26.7. The number of anilines is 1. The second kappa shape index (κ2) is 9.56. The quantitative estimate of drug-likeness (QED) is 0.616. The summed E-state index contributed by atoms with van der Waals surface area (Å²) >= 11 is 0. The fraction of sp³-hybridized carbons (Fsp3) is 0.231. The Kier molecular flexibility index (Phi) is 6.41. The highest BCUT2D eigenvalue weighted by atomic mass is 19.1. The number of nitrogens with zero attached hydrogens (tertiary/aromatic N) is 1. The number of halogens is 1. The molecule has 1 saturated heterocycles. The van der Waals surface area contributed by atoms with E-state index >= 15 is 0 Å². The number of carbonyl (C=O) groups is 2. The number of nitrogens with one attached hydrogen (secondary N) is 1. The average molecular weight is 416 g/mol. The number of benzene rings is 3. The SMILES string of the molecule is O=C(NCCC(c1ccccc1)c1ccccc1)[C@@H]1CC(=O)N(c2ccc(F)cc2)C1. The number of rotatable bonds is 7. The lowest BCUT2D eigenvalue weighted by atomic mass is 9.88. The first kappa shape index (κ1) is 20.8. The van der Waals surface area contributed by atoms with Gasteiger partial charge in [0.25, 0.3) is 0 Å². The van der Waals surface area contributed by atoms with Gasteiger partial charge < -0.3 is 10.2 Å². The van der Waals surface area contributed by atoms with Crippen molar-refractivity contribution in [2.24, 2.45) is 5.92 Å². The third-order valence-electron chi connectivity index (χ3n) is 5.77. The maximum Gasteiger partial charge on any atom is 0.227 e. The van der Waals surface area contributed by atoms with Gasteiger partial charge in [-0.25, -0.2) is 4.39 Å². The summed E-state index contributed by atoms with van der Waals surface area (Å²) < 4.78 is 13.2. The lowest BCUT2D eigenvalue weighted by molar-refractivity contribution is -0.126. The summed E-state index contributed by atoms with van der Waals surface area (Å²) in [7, 11) is 0. The summed E-state index contributed by atoms with van der Waals surface area (Å²) in [6.45, 7) is 0.839. The molecule has 0 saturated carbocycles. The van der Waals surface area contributed by atoms with Crippen LogP contribution in [-0.4, -0.2) is 24.9 Å². The topological polar surface area (TPSA) is 49.4 Å². The molecule has 1 aliphatic rings. The van der Waals surface area contributed by atoms with E-state index in [2.05, 4.69) is 29.6 Å². The van der Waals surface area contributed by atoms with Crippen LogP contribution in [0.25, 0.3) is 0 Å². The molecule has 1 atom stereocenters. The molecule has 0 bridgehead atoms. The Morgan fingerprint density at radius 3 is 2.10 bits per heavy atom. The molecule has 3 aromatic rings. The molecule has 1 heterocycles. The highest BCUT2D eigenvalue weighted by molar-refractivity contribution is 6.00. The first-order valence-electron chi connectivity index (χ1n) is 10.6. The standard InChI is InChI=1S/C26H25FN2O2/c27-22-11-13-23(14-12-22)29-18-21(17-25(29)30)26(31)28-16-15-24(19-7-3-1-4-8-19)20-9-5-2-6-10-20/h1-14,21,24H,15-18H2,(H,28,31)/t21-/m1/s1. The molecule has 158 valence electrons. The molecule has 3 aromatic carbocycles. The van der Waals surface area contributed by atoms with E-state index < -0.39 is 5.92 Å². The van der Waals surface area contributed by atoms with Gasteiger partial charge in [-0.1, -0.05) is 60.7 Å². The second-order valence-electron chi connectivity index (χ2n) is 7.84. The Morgan fingerprint density at radius 1 is 0.935 bits per heavy atom. The zero-order valence-corrected chi connectivity index (χ0v) is 17.2. The molecule has 31 heavy (non-hydrogen) atoms. The molecule has 1 fully saturated rings. The van der Waals surface area contributed by atoms with Gasteiger partial charge in [0, 0.05) is 31.1 Å². The molecule has 0 aromatic heterocycles. The zero-order valence-electron chi connectivity index (χ0n) is 17.2. The fourth-order valence-corrected chi connectivity index (χ4v) is 4.13. The molecular weight excluding hydrogens is 391 g/mol. The zero-order chi connectivity index (χ0) is 21.6. The maximum atomic E-state index is 13.2. The van der Waals surface area contributed by atoms with Crippen LogP contribution in [0.5, 0.6) is 0 Å². The highest BCUT2D eigenvalue weighted by Crippen LogP contribution is 2.28. The van der Waals surface area contributed by atoms with Crippen LogP contribution in [-0.2, 0) is 9.59 Å². The van der Waals surface area contributed by atoms with Gasteiger partial charge in [-0.3, -0.25) is 9.59 Å². The van der Waals surface area contributed by atoms with Crippen LogP contribution in [0.2, 0.25) is 0 Å². The third kappa shape index (κ3) is 5.00. The molecule has 1 aliphatic heterocycles. The fourth-order valence-electron chi connectivity index (χ4n) is 4.13. The van der Waals surface area contributed by atoms with Gasteiger partial charge in [-0.15, -0.1) is 0 Å². The lowest BCUT2D eigenvalue weighted by Gasteiger charge is -2.19. The molecule has 5 heteroatoms. The lowest BCUT2D eigenvalue weighted by Crippen LogP contribution is -2.34. The predicted molar refractivity (Wildman–Crippen MR) is 119 cm³/mol. The van der Waals surface area contributed by atoms with Gasteiger partial charge in [0.1, 0.15) is 5.82 Å². The van der Waals surface area contributed by atoms with Gasteiger partial charge in [-0.05, 0) is 41.8 Å². The minimum Gasteiger partial charge on any atom is -0.356 e. The van der Waals surface area contributed by atoms with E-state index in [0.29, 0.717) is 18.8 Å². The molecule has 0 unspecified atom stereocenters. The monoisotopic (exact) mass is 416 g/mol. The van der Waals surface area contributed by atoms with Crippen LogP contribution in [0.1, 0.15) is 29.9 Å². The predicted octanol–water partition coefficient (Wildman–Crippen LogP) is 4.52. The number of hydrogen-bond acceptors (Lipinski definition) is 2. The van der Waals surface area contributed by atoms with Crippen molar-refractivity contribution < 1.29 is 14.0 Å².